The summed E-state index contributed by atoms with van der Waals surface area (Å²) in [4.78, 5) is 0. The quantitative estimate of drug-likeness (QED) is 0.473. The molecule has 1 aliphatic rings. The van der Waals surface area contributed by atoms with Gasteiger partial charge in [-0.15, -0.1) is 19.8 Å². The molecule has 1 heterocycles. The van der Waals surface area contributed by atoms with Gasteiger partial charge in [-0.2, -0.15) is 0 Å². The molecular formula is C4H11ClP2. The van der Waals surface area contributed by atoms with Gasteiger partial charge < -0.3 is 0 Å². The summed E-state index contributed by atoms with van der Waals surface area (Å²) in [6.45, 7) is 0. The van der Waals surface area contributed by atoms with Crippen molar-refractivity contribution in [3.63, 3.8) is 0 Å². The summed E-state index contributed by atoms with van der Waals surface area (Å²) in [5.41, 5.74) is 0. The van der Waals surface area contributed by atoms with E-state index in [1.54, 1.807) is 0 Å². The predicted molar refractivity (Wildman–Crippen MR) is 42.8 cm³/mol. The molecule has 44 valence electrons. The van der Waals surface area contributed by atoms with Gasteiger partial charge in [-0.1, -0.05) is 0 Å². The Kier molecular flexibility index (Phi) is 8.32. The van der Waals surface area contributed by atoms with Crippen molar-refractivity contribution in [3.8, 4) is 0 Å². The lowest BCUT2D eigenvalue weighted by atomic mass is 10.4. The zero-order valence-electron chi connectivity index (χ0n) is 4.28. The number of halogens is 1. The lowest BCUT2D eigenvalue weighted by Gasteiger charge is -1.69. The van der Waals surface area contributed by atoms with Gasteiger partial charge in [-0.05, 0) is 33.8 Å². The van der Waals surface area contributed by atoms with E-state index < -0.39 is 0 Å². The minimum atomic E-state index is 1.31. The smallest absolute Gasteiger partial charge is 0.0353 e. The lowest BCUT2D eigenvalue weighted by molar-refractivity contribution is 0.949. The molecule has 3 heteroatoms. The first-order valence-corrected chi connectivity index (χ1v) is 5.59. The molecule has 0 saturated carbocycles. The van der Waals surface area contributed by atoms with Crippen LogP contribution in [0, 0.1) is 0 Å². The van der Waals surface area contributed by atoms with Crippen molar-refractivity contribution < 1.29 is 0 Å². The SMILES string of the molecule is C1CCPC1.PCl. The highest BCUT2D eigenvalue weighted by atomic mass is 35.7. The van der Waals surface area contributed by atoms with E-state index in [0.29, 0.717) is 0 Å². The monoisotopic (exact) mass is 156 g/mol. The molecule has 1 saturated heterocycles. The Hall–Kier alpha value is 1.15. The van der Waals surface area contributed by atoms with Gasteiger partial charge in [-0.3, -0.25) is 0 Å². The average Bonchev–Trinajstić information content (AvgIpc) is 2.23. The van der Waals surface area contributed by atoms with Crippen LogP contribution in [-0.4, -0.2) is 12.3 Å². The van der Waals surface area contributed by atoms with Gasteiger partial charge in [0.2, 0.25) is 0 Å². The maximum Gasteiger partial charge on any atom is -0.0353 e. The lowest BCUT2D eigenvalue weighted by Crippen LogP contribution is -1.58. The largest absolute Gasteiger partial charge is 0.122 e. The van der Waals surface area contributed by atoms with Crippen LogP contribution >= 0.6 is 28.4 Å². The molecule has 1 aliphatic heterocycles. The second-order valence-corrected chi connectivity index (χ2v) is 2.96. The second kappa shape index (κ2) is 7.15. The highest BCUT2D eigenvalue weighted by molar-refractivity contribution is 7.52. The van der Waals surface area contributed by atoms with E-state index in [1.807, 2.05) is 8.59 Å². The molecule has 0 aliphatic carbocycles. The predicted octanol–water partition coefficient (Wildman–Crippen LogP) is 2.47. The average molecular weight is 157 g/mol. The number of hydrogen-bond acceptors (Lipinski definition) is 0. The standard InChI is InChI=1S/C4H9P.ClH2P/c1-2-4-5-3-1;1-2/h5H,1-4H2;2H2. The van der Waals surface area contributed by atoms with Crippen LogP contribution in [0.1, 0.15) is 12.8 Å². The normalized spacial score (nSPS) is 18.0. The first-order chi connectivity index (χ1) is 3.50. The molecule has 0 amide bonds. The summed E-state index contributed by atoms with van der Waals surface area (Å²) in [5.74, 6) is 0. The summed E-state index contributed by atoms with van der Waals surface area (Å²) >= 11 is 4.56. The van der Waals surface area contributed by atoms with Gasteiger partial charge in [0, 0.05) is 0 Å². The third kappa shape index (κ3) is 5.01. The molecule has 0 nitrogen and oxygen atoms in total. The fourth-order valence-corrected chi connectivity index (χ4v) is 1.87. The Morgan fingerprint density at radius 2 is 1.57 bits per heavy atom. The van der Waals surface area contributed by atoms with E-state index in [2.05, 4.69) is 11.2 Å². The maximum absolute atomic E-state index is 4.56. The van der Waals surface area contributed by atoms with Crippen molar-refractivity contribution in [1.82, 2.24) is 0 Å². The minimum absolute atomic E-state index is 1.31. The van der Waals surface area contributed by atoms with Gasteiger partial charge >= 0.3 is 0 Å². The van der Waals surface area contributed by atoms with Crippen LogP contribution in [0.25, 0.3) is 0 Å². The number of rotatable bonds is 0. The Morgan fingerprint density at radius 1 is 1.14 bits per heavy atom. The van der Waals surface area contributed by atoms with Crippen LogP contribution in [0.3, 0.4) is 0 Å². The highest BCUT2D eigenvalue weighted by Gasteiger charge is 1.94. The minimum Gasteiger partial charge on any atom is -0.122 e. The summed E-state index contributed by atoms with van der Waals surface area (Å²) in [6, 6.07) is 0. The first-order valence-electron chi connectivity index (χ1n) is 2.43. The van der Waals surface area contributed by atoms with Gasteiger partial charge in [0.15, 0.2) is 0 Å². The van der Waals surface area contributed by atoms with Crippen molar-refractivity contribution in [1.29, 1.82) is 0 Å². The fourth-order valence-electron chi connectivity index (χ4n) is 0.625. The Morgan fingerprint density at radius 3 is 1.71 bits per heavy atom. The molecule has 0 spiro atoms. The third-order valence-electron chi connectivity index (χ3n) is 0.957. The molecule has 0 radical (unpaired) electrons. The Labute approximate surface area is 54.2 Å². The van der Waals surface area contributed by atoms with E-state index in [0.717, 1.165) is 0 Å². The van der Waals surface area contributed by atoms with Gasteiger partial charge in [0.25, 0.3) is 0 Å². The molecule has 1 unspecified atom stereocenters. The number of hydrogen-bond donors (Lipinski definition) is 0. The van der Waals surface area contributed by atoms with Crippen LogP contribution in [-0.2, 0) is 0 Å². The molecule has 0 N–H and O–H groups in total. The third-order valence-corrected chi connectivity index (χ3v) is 2.37. The van der Waals surface area contributed by atoms with Crippen LogP contribution in [0.2, 0.25) is 0 Å². The first kappa shape index (κ1) is 8.15. The van der Waals surface area contributed by atoms with Crippen LogP contribution < -0.4 is 0 Å². The van der Waals surface area contributed by atoms with Crippen molar-refractivity contribution in [2.24, 2.45) is 0 Å². The summed E-state index contributed by atoms with van der Waals surface area (Å²) in [5, 5.41) is 0. The molecule has 7 heavy (non-hydrogen) atoms. The molecule has 0 bridgehead atoms. The molecule has 0 aromatic carbocycles. The second-order valence-electron chi connectivity index (χ2n) is 1.46. The summed E-state index contributed by atoms with van der Waals surface area (Å²) < 4.78 is 0. The molecule has 0 aromatic heterocycles. The zero-order valence-corrected chi connectivity index (χ0v) is 7.19. The van der Waals surface area contributed by atoms with E-state index in [4.69, 9.17) is 0 Å². The summed E-state index contributed by atoms with van der Waals surface area (Å²) in [7, 11) is 3.20. The van der Waals surface area contributed by atoms with E-state index in [-0.39, 0.29) is 0 Å². The molecule has 1 atom stereocenters. The van der Waals surface area contributed by atoms with E-state index in [9.17, 15) is 0 Å². The zero-order chi connectivity index (χ0) is 5.54. The Balaban J connectivity index is 0.000000162. The Bertz CT molecular complexity index is 21.3. The summed E-state index contributed by atoms with van der Waals surface area (Å²) in [6.07, 6.45) is 6.08. The van der Waals surface area contributed by atoms with Crippen LogP contribution in [0.15, 0.2) is 0 Å². The van der Waals surface area contributed by atoms with Crippen molar-refractivity contribution >= 4 is 28.4 Å². The van der Waals surface area contributed by atoms with E-state index in [1.165, 1.54) is 33.7 Å². The van der Waals surface area contributed by atoms with Crippen molar-refractivity contribution in [3.05, 3.63) is 0 Å². The van der Waals surface area contributed by atoms with Gasteiger partial charge in [-0.25, -0.2) is 0 Å². The molecule has 1 fully saturated rings. The molecular weight excluding hydrogens is 145 g/mol. The van der Waals surface area contributed by atoms with Crippen LogP contribution in [0.4, 0.5) is 0 Å². The van der Waals surface area contributed by atoms with Crippen molar-refractivity contribution in [2.45, 2.75) is 12.8 Å². The topological polar surface area (TPSA) is 0 Å². The molecule has 0 aromatic rings. The van der Waals surface area contributed by atoms with E-state index >= 15 is 0 Å². The van der Waals surface area contributed by atoms with Gasteiger partial charge in [0.1, 0.15) is 0 Å². The highest BCUT2D eigenvalue weighted by Crippen LogP contribution is 2.21. The van der Waals surface area contributed by atoms with Gasteiger partial charge in [0.05, 0.1) is 0 Å². The fraction of sp³-hybridized carbons (Fsp3) is 1.00. The van der Waals surface area contributed by atoms with Crippen LogP contribution in [0.5, 0.6) is 0 Å². The molecule has 1 rings (SSSR count). The van der Waals surface area contributed by atoms with Crippen molar-refractivity contribution in [2.75, 3.05) is 12.3 Å². The maximum atomic E-state index is 4.56.